The van der Waals surface area contributed by atoms with Crippen LogP contribution >= 0.6 is 0 Å². The number of amides is 1. The molecule has 1 amide bonds. The van der Waals surface area contributed by atoms with E-state index in [4.69, 9.17) is 4.74 Å². The molecule has 2 heterocycles. The highest BCUT2D eigenvalue weighted by molar-refractivity contribution is 5.98. The van der Waals surface area contributed by atoms with Crippen LogP contribution in [0.1, 0.15) is 22.1 Å². The fourth-order valence-corrected chi connectivity index (χ4v) is 2.65. The van der Waals surface area contributed by atoms with Gasteiger partial charge >= 0.3 is 0 Å². The van der Waals surface area contributed by atoms with Gasteiger partial charge in [-0.15, -0.1) is 0 Å². The molecule has 1 unspecified atom stereocenters. The molecule has 5 heteroatoms. The third kappa shape index (κ3) is 2.36. The topological polar surface area (TPSA) is 53.0 Å². The summed E-state index contributed by atoms with van der Waals surface area (Å²) >= 11 is 0. The van der Waals surface area contributed by atoms with Crippen molar-refractivity contribution in [1.82, 2.24) is 9.80 Å². The molecule has 0 aromatic heterocycles. The van der Waals surface area contributed by atoms with E-state index < -0.39 is 6.23 Å². The third-order valence-corrected chi connectivity index (χ3v) is 3.79. The van der Waals surface area contributed by atoms with Crippen LogP contribution in [-0.2, 0) is 4.74 Å². The van der Waals surface area contributed by atoms with Crippen molar-refractivity contribution < 1.29 is 14.6 Å². The SMILES string of the molecule is O=C1c2ccccc2C(O)N1CCN1CCOCC1. The van der Waals surface area contributed by atoms with Crippen LogP contribution in [0.3, 0.4) is 0 Å². The van der Waals surface area contributed by atoms with Crippen LogP contribution in [0.4, 0.5) is 0 Å². The maximum atomic E-state index is 12.2. The fourth-order valence-electron chi connectivity index (χ4n) is 2.65. The number of rotatable bonds is 3. The molecule has 2 aliphatic rings. The zero-order valence-electron chi connectivity index (χ0n) is 10.8. The van der Waals surface area contributed by atoms with Gasteiger partial charge in [0.05, 0.1) is 13.2 Å². The first-order valence-corrected chi connectivity index (χ1v) is 6.65. The van der Waals surface area contributed by atoms with Crippen molar-refractivity contribution in [1.29, 1.82) is 0 Å². The largest absolute Gasteiger partial charge is 0.379 e. The number of morpholine rings is 1. The molecule has 2 aliphatic heterocycles. The Labute approximate surface area is 112 Å². The zero-order chi connectivity index (χ0) is 13.2. The van der Waals surface area contributed by atoms with Crippen molar-refractivity contribution in [2.45, 2.75) is 6.23 Å². The van der Waals surface area contributed by atoms with Gasteiger partial charge in [0.2, 0.25) is 0 Å². The Kier molecular flexibility index (Phi) is 3.50. The monoisotopic (exact) mass is 262 g/mol. The Morgan fingerprint density at radius 1 is 1.21 bits per heavy atom. The fraction of sp³-hybridized carbons (Fsp3) is 0.500. The second-order valence-corrected chi connectivity index (χ2v) is 4.91. The van der Waals surface area contributed by atoms with E-state index in [9.17, 15) is 9.90 Å². The van der Waals surface area contributed by atoms with Crippen LogP contribution in [0.25, 0.3) is 0 Å². The first-order chi connectivity index (χ1) is 9.27. The molecule has 1 atom stereocenters. The molecule has 1 aromatic rings. The minimum absolute atomic E-state index is 0.0728. The average molecular weight is 262 g/mol. The Balaban J connectivity index is 1.65. The number of aliphatic hydroxyl groups excluding tert-OH is 1. The maximum Gasteiger partial charge on any atom is 0.256 e. The molecule has 1 fully saturated rings. The van der Waals surface area contributed by atoms with E-state index in [1.165, 1.54) is 0 Å². The Morgan fingerprint density at radius 3 is 2.68 bits per heavy atom. The molecule has 19 heavy (non-hydrogen) atoms. The van der Waals surface area contributed by atoms with E-state index in [2.05, 4.69) is 4.90 Å². The van der Waals surface area contributed by atoms with E-state index >= 15 is 0 Å². The summed E-state index contributed by atoms with van der Waals surface area (Å²) in [5, 5.41) is 10.2. The molecular weight excluding hydrogens is 244 g/mol. The number of hydrogen-bond donors (Lipinski definition) is 1. The average Bonchev–Trinajstić information content (AvgIpc) is 2.71. The lowest BCUT2D eigenvalue weighted by atomic mass is 10.1. The molecule has 102 valence electrons. The third-order valence-electron chi connectivity index (χ3n) is 3.79. The van der Waals surface area contributed by atoms with E-state index in [0.29, 0.717) is 12.1 Å². The summed E-state index contributed by atoms with van der Waals surface area (Å²) < 4.78 is 5.29. The van der Waals surface area contributed by atoms with Gasteiger partial charge in [-0.2, -0.15) is 0 Å². The molecular formula is C14H18N2O3. The van der Waals surface area contributed by atoms with Crippen molar-refractivity contribution in [2.24, 2.45) is 0 Å². The summed E-state index contributed by atoms with van der Waals surface area (Å²) in [6.07, 6.45) is -0.801. The van der Waals surface area contributed by atoms with E-state index in [1.54, 1.807) is 11.0 Å². The van der Waals surface area contributed by atoms with Crippen molar-refractivity contribution in [3.05, 3.63) is 35.4 Å². The van der Waals surface area contributed by atoms with Crippen LogP contribution in [-0.4, -0.2) is 60.2 Å². The van der Waals surface area contributed by atoms with Crippen molar-refractivity contribution in [3.63, 3.8) is 0 Å². The Bertz CT molecular complexity index is 472. The summed E-state index contributed by atoms with van der Waals surface area (Å²) in [7, 11) is 0. The minimum Gasteiger partial charge on any atom is -0.379 e. The van der Waals surface area contributed by atoms with Crippen molar-refractivity contribution in [2.75, 3.05) is 39.4 Å². The number of aliphatic hydroxyl groups is 1. The van der Waals surface area contributed by atoms with Gasteiger partial charge in [-0.25, -0.2) is 0 Å². The molecule has 3 rings (SSSR count). The quantitative estimate of drug-likeness (QED) is 0.860. The van der Waals surface area contributed by atoms with Crippen LogP contribution in [0.15, 0.2) is 24.3 Å². The normalized spacial score (nSPS) is 23.7. The van der Waals surface area contributed by atoms with Crippen LogP contribution < -0.4 is 0 Å². The van der Waals surface area contributed by atoms with Gasteiger partial charge in [0.15, 0.2) is 6.23 Å². The number of hydrogen-bond acceptors (Lipinski definition) is 4. The highest BCUT2D eigenvalue weighted by Crippen LogP contribution is 2.30. The summed E-state index contributed by atoms with van der Waals surface area (Å²) in [4.78, 5) is 16.0. The smallest absolute Gasteiger partial charge is 0.256 e. The van der Waals surface area contributed by atoms with Crippen LogP contribution in [0, 0.1) is 0 Å². The summed E-state index contributed by atoms with van der Waals surface area (Å²) in [5.41, 5.74) is 1.34. The van der Waals surface area contributed by atoms with Crippen molar-refractivity contribution in [3.8, 4) is 0 Å². The zero-order valence-corrected chi connectivity index (χ0v) is 10.8. The molecule has 1 N–H and O–H groups in total. The molecule has 0 radical (unpaired) electrons. The summed E-state index contributed by atoms with van der Waals surface area (Å²) in [6.45, 7) is 4.61. The molecule has 0 saturated carbocycles. The lowest BCUT2D eigenvalue weighted by Crippen LogP contribution is -2.42. The number of carbonyl (C=O) groups is 1. The van der Waals surface area contributed by atoms with Gasteiger partial charge in [0.1, 0.15) is 0 Å². The number of nitrogens with zero attached hydrogens (tertiary/aromatic N) is 2. The number of fused-ring (bicyclic) bond motifs is 1. The highest BCUT2D eigenvalue weighted by Gasteiger charge is 2.34. The predicted octanol–water partition coefficient (Wildman–Crippen LogP) is 0.466. The van der Waals surface area contributed by atoms with Gasteiger partial charge in [-0.3, -0.25) is 9.69 Å². The number of carbonyl (C=O) groups excluding carboxylic acids is 1. The lowest BCUT2D eigenvalue weighted by Gasteiger charge is -2.29. The number of ether oxygens (including phenoxy) is 1. The first-order valence-electron chi connectivity index (χ1n) is 6.65. The van der Waals surface area contributed by atoms with Gasteiger partial charge in [0, 0.05) is 37.3 Å². The van der Waals surface area contributed by atoms with Gasteiger partial charge in [-0.1, -0.05) is 18.2 Å². The predicted molar refractivity (Wildman–Crippen MR) is 69.7 cm³/mol. The van der Waals surface area contributed by atoms with Gasteiger partial charge < -0.3 is 14.7 Å². The van der Waals surface area contributed by atoms with Crippen LogP contribution in [0.5, 0.6) is 0 Å². The molecule has 0 bridgehead atoms. The molecule has 1 aromatic carbocycles. The van der Waals surface area contributed by atoms with Crippen LogP contribution in [0.2, 0.25) is 0 Å². The Morgan fingerprint density at radius 2 is 1.95 bits per heavy atom. The second kappa shape index (κ2) is 5.28. The minimum atomic E-state index is -0.801. The maximum absolute atomic E-state index is 12.2. The summed E-state index contributed by atoms with van der Waals surface area (Å²) in [5.74, 6) is -0.0728. The standard InChI is InChI=1S/C14H18N2O3/c17-13-11-3-1-2-4-12(11)14(18)16(13)6-5-15-7-9-19-10-8-15/h1-4,13,17H,5-10H2. The molecule has 5 nitrogen and oxygen atoms in total. The van der Waals surface area contributed by atoms with Gasteiger partial charge in [-0.05, 0) is 6.07 Å². The van der Waals surface area contributed by atoms with E-state index in [-0.39, 0.29) is 5.91 Å². The van der Waals surface area contributed by atoms with Gasteiger partial charge in [0.25, 0.3) is 5.91 Å². The Hall–Kier alpha value is -1.43. The van der Waals surface area contributed by atoms with E-state index in [1.807, 2.05) is 18.2 Å². The van der Waals surface area contributed by atoms with E-state index in [0.717, 1.165) is 38.4 Å². The molecule has 0 aliphatic carbocycles. The molecule has 1 saturated heterocycles. The molecule has 0 spiro atoms. The highest BCUT2D eigenvalue weighted by atomic mass is 16.5. The number of benzene rings is 1. The summed E-state index contributed by atoms with van der Waals surface area (Å²) in [6, 6.07) is 7.26. The lowest BCUT2D eigenvalue weighted by molar-refractivity contribution is 0.00159. The van der Waals surface area contributed by atoms with Crippen molar-refractivity contribution >= 4 is 5.91 Å². The first kappa shape index (κ1) is 12.6. The second-order valence-electron chi connectivity index (χ2n) is 4.91.